The molecule has 0 spiro atoms. The summed E-state index contributed by atoms with van der Waals surface area (Å²) >= 11 is 0. The molecular formula is C19H22O6. The Balaban J connectivity index is 1.96. The third-order valence-electron chi connectivity index (χ3n) is 5.18. The zero-order valence-electron chi connectivity index (χ0n) is 14.4. The summed E-state index contributed by atoms with van der Waals surface area (Å²) in [6.07, 6.45) is 5.21. The Morgan fingerprint density at radius 3 is 2.88 bits per heavy atom. The maximum atomic E-state index is 11.9. The van der Waals surface area contributed by atoms with Gasteiger partial charge in [0.2, 0.25) is 0 Å². The molecule has 2 aliphatic rings. The van der Waals surface area contributed by atoms with Crippen LogP contribution >= 0.6 is 0 Å². The molecule has 1 saturated carbocycles. The van der Waals surface area contributed by atoms with E-state index in [0.717, 1.165) is 30.4 Å². The second-order valence-corrected chi connectivity index (χ2v) is 6.59. The fraction of sp³-hybridized carbons (Fsp3) is 0.474. The van der Waals surface area contributed by atoms with Crippen molar-refractivity contribution in [1.29, 1.82) is 0 Å². The van der Waals surface area contributed by atoms with Crippen molar-refractivity contribution in [2.75, 3.05) is 7.11 Å². The molecule has 1 aliphatic heterocycles. The van der Waals surface area contributed by atoms with Crippen molar-refractivity contribution in [2.45, 2.75) is 45.6 Å². The van der Waals surface area contributed by atoms with Gasteiger partial charge in [-0.1, -0.05) is 11.6 Å². The Kier molecular flexibility index (Phi) is 4.70. The first kappa shape index (κ1) is 17.3. The van der Waals surface area contributed by atoms with Crippen molar-refractivity contribution in [3.63, 3.8) is 0 Å². The van der Waals surface area contributed by atoms with Crippen LogP contribution in [0.1, 0.15) is 52.7 Å². The Morgan fingerprint density at radius 1 is 1.44 bits per heavy atom. The monoisotopic (exact) mass is 346 g/mol. The van der Waals surface area contributed by atoms with E-state index in [9.17, 15) is 14.7 Å². The third kappa shape index (κ3) is 3.08. The van der Waals surface area contributed by atoms with Crippen molar-refractivity contribution < 1.29 is 29.3 Å². The van der Waals surface area contributed by atoms with Gasteiger partial charge >= 0.3 is 11.9 Å². The average molecular weight is 346 g/mol. The predicted molar refractivity (Wildman–Crippen MR) is 89.9 cm³/mol. The van der Waals surface area contributed by atoms with Gasteiger partial charge < -0.3 is 19.7 Å². The lowest BCUT2D eigenvalue weighted by atomic mass is 9.93. The van der Waals surface area contributed by atoms with E-state index in [-0.39, 0.29) is 30.3 Å². The molecule has 2 N–H and O–H groups in total. The fourth-order valence-electron chi connectivity index (χ4n) is 3.92. The highest BCUT2D eigenvalue weighted by molar-refractivity contribution is 5.98. The minimum atomic E-state index is -0.797. The highest BCUT2D eigenvalue weighted by atomic mass is 16.5. The molecule has 0 saturated heterocycles. The van der Waals surface area contributed by atoms with Gasteiger partial charge in [-0.05, 0) is 44.1 Å². The molecule has 25 heavy (non-hydrogen) atoms. The third-order valence-corrected chi connectivity index (χ3v) is 5.18. The zero-order chi connectivity index (χ0) is 18.1. The minimum Gasteiger partial charge on any atom is -0.507 e. The van der Waals surface area contributed by atoms with E-state index in [1.807, 2.05) is 13.0 Å². The number of allylic oxidation sites excluding steroid dienone is 2. The van der Waals surface area contributed by atoms with Gasteiger partial charge in [0.25, 0.3) is 0 Å². The molecule has 1 heterocycles. The summed E-state index contributed by atoms with van der Waals surface area (Å²) in [5, 5.41) is 19.6. The number of carboxylic acid groups (broad SMARTS) is 1. The number of benzene rings is 1. The van der Waals surface area contributed by atoms with Crippen LogP contribution in [0.4, 0.5) is 0 Å². The Labute approximate surface area is 146 Å². The second kappa shape index (κ2) is 6.78. The van der Waals surface area contributed by atoms with Gasteiger partial charge in [0.15, 0.2) is 0 Å². The largest absolute Gasteiger partial charge is 0.507 e. The SMILES string of the molecule is COc1c(C)c2c(c(O)c1C/C=C1\CCC[C@@H]1CC(=O)O)C(=O)OC2. The van der Waals surface area contributed by atoms with Gasteiger partial charge in [-0.25, -0.2) is 4.79 Å². The predicted octanol–water partition coefficient (Wildman–Crippen LogP) is 3.12. The number of phenolic OH excluding ortho intramolecular Hbond substituents is 1. The van der Waals surface area contributed by atoms with Crippen LogP contribution in [0.15, 0.2) is 11.6 Å². The molecule has 3 rings (SSSR count). The minimum absolute atomic E-state index is 0.0473. The van der Waals surface area contributed by atoms with E-state index in [2.05, 4.69) is 0 Å². The number of carboxylic acids is 1. The van der Waals surface area contributed by atoms with E-state index in [1.54, 1.807) is 0 Å². The summed E-state index contributed by atoms with van der Waals surface area (Å²) in [4.78, 5) is 22.9. The second-order valence-electron chi connectivity index (χ2n) is 6.59. The maximum Gasteiger partial charge on any atom is 0.342 e. The number of esters is 1. The number of aliphatic carboxylic acids is 1. The summed E-state index contributed by atoms with van der Waals surface area (Å²) in [7, 11) is 1.53. The molecule has 0 aromatic heterocycles. The number of methoxy groups -OCH3 is 1. The lowest BCUT2D eigenvalue weighted by Gasteiger charge is -2.16. The molecule has 6 heteroatoms. The van der Waals surface area contributed by atoms with Gasteiger partial charge in [0.05, 0.1) is 13.5 Å². The van der Waals surface area contributed by atoms with E-state index >= 15 is 0 Å². The molecule has 1 aromatic rings. The van der Waals surface area contributed by atoms with Crippen LogP contribution in [0.2, 0.25) is 0 Å². The lowest BCUT2D eigenvalue weighted by molar-refractivity contribution is -0.137. The molecule has 0 unspecified atom stereocenters. The van der Waals surface area contributed by atoms with Gasteiger partial charge in [-0.15, -0.1) is 0 Å². The number of cyclic esters (lactones) is 1. The normalized spacial score (nSPS) is 20.6. The number of aromatic hydroxyl groups is 1. The highest BCUT2D eigenvalue weighted by Crippen LogP contribution is 2.42. The number of hydrogen-bond acceptors (Lipinski definition) is 5. The van der Waals surface area contributed by atoms with Crippen molar-refractivity contribution in [2.24, 2.45) is 5.92 Å². The molecule has 1 aliphatic carbocycles. The van der Waals surface area contributed by atoms with Gasteiger partial charge in [-0.3, -0.25) is 4.79 Å². The molecular weight excluding hydrogens is 324 g/mol. The van der Waals surface area contributed by atoms with Crippen LogP contribution in [0.3, 0.4) is 0 Å². The van der Waals surface area contributed by atoms with Crippen LogP contribution in [-0.2, 0) is 22.6 Å². The van der Waals surface area contributed by atoms with Gasteiger partial charge in [0.1, 0.15) is 23.7 Å². The Hall–Kier alpha value is -2.50. The van der Waals surface area contributed by atoms with E-state index in [1.165, 1.54) is 7.11 Å². The number of ether oxygens (including phenoxy) is 2. The maximum absolute atomic E-state index is 11.9. The number of phenols is 1. The Morgan fingerprint density at radius 2 is 2.20 bits per heavy atom. The van der Waals surface area contributed by atoms with Crippen molar-refractivity contribution in [3.8, 4) is 11.5 Å². The smallest absolute Gasteiger partial charge is 0.342 e. The number of carbonyl (C=O) groups excluding carboxylic acids is 1. The molecule has 0 radical (unpaired) electrons. The number of hydrogen-bond donors (Lipinski definition) is 2. The molecule has 0 amide bonds. The Bertz CT molecular complexity index is 762. The lowest BCUT2D eigenvalue weighted by Crippen LogP contribution is -2.06. The summed E-state index contributed by atoms with van der Waals surface area (Å²) in [5.74, 6) is -0.805. The van der Waals surface area contributed by atoms with Crippen LogP contribution in [0.25, 0.3) is 0 Å². The number of carbonyl (C=O) groups is 2. The summed E-state index contributed by atoms with van der Waals surface area (Å²) in [5.41, 5.74) is 3.33. The van der Waals surface area contributed by atoms with Crippen LogP contribution in [0, 0.1) is 12.8 Å². The number of fused-ring (bicyclic) bond motifs is 1. The van der Waals surface area contributed by atoms with Crippen LogP contribution in [-0.4, -0.2) is 29.3 Å². The van der Waals surface area contributed by atoms with Gasteiger partial charge in [0, 0.05) is 11.1 Å². The average Bonchev–Trinajstić information content (AvgIpc) is 3.15. The summed E-state index contributed by atoms with van der Waals surface area (Å²) in [6, 6.07) is 0. The quantitative estimate of drug-likeness (QED) is 0.628. The molecule has 1 fully saturated rings. The van der Waals surface area contributed by atoms with Crippen molar-refractivity contribution >= 4 is 11.9 Å². The molecule has 0 bridgehead atoms. The molecule has 6 nitrogen and oxygen atoms in total. The van der Waals surface area contributed by atoms with E-state index < -0.39 is 11.9 Å². The molecule has 134 valence electrons. The van der Waals surface area contributed by atoms with Crippen LogP contribution < -0.4 is 4.74 Å². The van der Waals surface area contributed by atoms with Crippen LogP contribution in [0.5, 0.6) is 11.5 Å². The fourth-order valence-corrected chi connectivity index (χ4v) is 3.92. The first-order chi connectivity index (χ1) is 11.9. The summed E-state index contributed by atoms with van der Waals surface area (Å²) in [6.45, 7) is 1.99. The molecule has 1 aromatic carbocycles. The number of rotatable bonds is 5. The van der Waals surface area contributed by atoms with E-state index in [0.29, 0.717) is 23.3 Å². The standard InChI is InChI=1S/C19H22O6/c1-10-14-9-25-19(23)16(14)17(22)13(18(10)24-2)7-6-11-4-3-5-12(11)8-15(20)21/h6,12,22H,3-5,7-9H2,1-2H3,(H,20,21)/b11-6+/t12-/m1/s1. The topological polar surface area (TPSA) is 93.1 Å². The first-order valence-electron chi connectivity index (χ1n) is 8.43. The van der Waals surface area contributed by atoms with Gasteiger partial charge in [-0.2, -0.15) is 0 Å². The summed E-state index contributed by atoms with van der Waals surface area (Å²) < 4.78 is 10.5. The van der Waals surface area contributed by atoms with Crippen molar-refractivity contribution in [3.05, 3.63) is 33.9 Å². The van der Waals surface area contributed by atoms with Crippen molar-refractivity contribution in [1.82, 2.24) is 0 Å². The zero-order valence-corrected chi connectivity index (χ0v) is 14.4. The van der Waals surface area contributed by atoms with E-state index in [4.69, 9.17) is 14.6 Å². The molecule has 1 atom stereocenters. The first-order valence-corrected chi connectivity index (χ1v) is 8.43. The highest BCUT2D eigenvalue weighted by Gasteiger charge is 2.32.